The summed E-state index contributed by atoms with van der Waals surface area (Å²) in [5.74, 6) is 0. The van der Waals surface area contributed by atoms with E-state index in [9.17, 15) is 12.3 Å². The molecule has 0 saturated carbocycles. The van der Waals surface area contributed by atoms with Crippen LogP contribution in [0.5, 0.6) is 0 Å². The van der Waals surface area contributed by atoms with Crippen LogP contribution in [0.1, 0.15) is 5.56 Å². The van der Waals surface area contributed by atoms with Gasteiger partial charge in [0.05, 0.1) is 11.1 Å². The largest absolute Gasteiger partial charge is 1.00 e. The molecule has 0 radical (unpaired) electrons. The van der Waals surface area contributed by atoms with Crippen LogP contribution in [0.3, 0.4) is 0 Å². The van der Waals surface area contributed by atoms with Gasteiger partial charge in [-0.25, -0.2) is 0 Å². The van der Waals surface area contributed by atoms with E-state index in [0.29, 0.717) is 16.7 Å². The number of hydrogen-bond donors (Lipinski definition) is 0. The zero-order valence-corrected chi connectivity index (χ0v) is 21.0. The molecule has 0 saturated heterocycles. The summed E-state index contributed by atoms with van der Waals surface area (Å²) >= 11 is 6.52. The van der Waals surface area contributed by atoms with Crippen LogP contribution in [0, 0.1) is 0 Å². The summed E-state index contributed by atoms with van der Waals surface area (Å²) in [5.41, 5.74) is 0.602. The molecule has 0 bridgehead atoms. The third-order valence-corrected chi connectivity index (χ3v) is 10.8. The average Bonchev–Trinajstić information content (AvgIpc) is 2.79. The highest BCUT2D eigenvalue weighted by atomic mass is 79.9. The van der Waals surface area contributed by atoms with Crippen molar-refractivity contribution in [3.05, 3.63) is 120 Å². The van der Waals surface area contributed by atoms with Crippen LogP contribution in [0.4, 0.5) is 3.89 Å². The Morgan fingerprint density at radius 2 is 1.09 bits per heavy atom. The molecule has 0 unspecified atom stereocenters. The lowest BCUT2D eigenvalue weighted by atomic mass is 10.2. The lowest BCUT2D eigenvalue weighted by molar-refractivity contribution is -0.00000940. The van der Waals surface area contributed by atoms with Gasteiger partial charge in [-0.2, -0.15) is 8.42 Å². The molecule has 0 atom stereocenters. The van der Waals surface area contributed by atoms with Crippen LogP contribution in [0.25, 0.3) is 0 Å². The van der Waals surface area contributed by atoms with Crippen molar-refractivity contribution in [1.29, 1.82) is 0 Å². The van der Waals surface area contributed by atoms with Crippen LogP contribution in [0.15, 0.2) is 114 Å². The van der Waals surface area contributed by atoms with E-state index in [4.69, 9.17) is 11.6 Å². The number of rotatable bonds is 6. The van der Waals surface area contributed by atoms with E-state index in [1.54, 1.807) is 0 Å². The first-order chi connectivity index (χ1) is 14.9. The Labute approximate surface area is 204 Å². The van der Waals surface area contributed by atoms with Crippen molar-refractivity contribution in [1.82, 2.24) is 0 Å². The second-order valence-corrected chi connectivity index (χ2v) is 12.4. The Bertz CT molecular complexity index is 1190. The molecule has 0 heterocycles. The summed E-state index contributed by atoms with van der Waals surface area (Å²) in [6.07, 6.45) is 0.466. The molecule has 0 fully saturated rings. The molecule has 2 nitrogen and oxygen atoms in total. The van der Waals surface area contributed by atoms with Gasteiger partial charge in [0, 0.05) is 10.6 Å². The van der Waals surface area contributed by atoms with Gasteiger partial charge in [-0.15, -0.1) is 3.89 Å². The van der Waals surface area contributed by atoms with Gasteiger partial charge in [-0.05, 0) is 54.6 Å². The van der Waals surface area contributed by atoms with Gasteiger partial charge >= 0.3 is 10.2 Å². The number of hydrogen-bond acceptors (Lipinski definition) is 2. The Kier molecular flexibility index (Phi) is 7.89. The summed E-state index contributed by atoms with van der Waals surface area (Å²) in [6.45, 7) is 0. The Hall–Kier alpha value is -2.04. The number of benzene rings is 4. The van der Waals surface area contributed by atoms with E-state index in [2.05, 4.69) is 36.4 Å². The van der Waals surface area contributed by atoms with Gasteiger partial charge in [0.2, 0.25) is 0 Å². The van der Waals surface area contributed by atoms with E-state index >= 15 is 0 Å². The molecular weight excluding hydrogens is 530 g/mol. The fraction of sp³-hybridized carbons (Fsp3) is 0.0400. The van der Waals surface area contributed by atoms with Crippen LogP contribution in [0.2, 0.25) is 5.02 Å². The molecule has 164 valence electrons. The quantitative estimate of drug-likeness (QED) is 0.274. The lowest BCUT2D eigenvalue weighted by Crippen LogP contribution is -3.00. The van der Waals surface area contributed by atoms with Crippen molar-refractivity contribution in [3.63, 3.8) is 0 Å². The fourth-order valence-corrected chi connectivity index (χ4v) is 8.90. The van der Waals surface area contributed by atoms with Gasteiger partial charge in [0.25, 0.3) is 0 Å². The third-order valence-electron chi connectivity index (χ3n) is 5.30. The molecule has 4 aromatic carbocycles. The first-order valence-corrected chi connectivity index (χ1v) is 13.4. The van der Waals surface area contributed by atoms with Gasteiger partial charge in [-0.1, -0.05) is 66.2 Å². The predicted molar refractivity (Wildman–Crippen MR) is 129 cm³/mol. The molecule has 32 heavy (non-hydrogen) atoms. The minimum atomic E-state index is -4.84. The minimum absolute atomic E-state index is 0. The monoisotopic (exact) mass is 548 g/mol. The average molecular weight is 550 g/mol. The smallest absolute Gasteiger partial charge is 0.332 e. The second-order valence-electron chi connectivity index (χ2n) is 7.17. The molecule has 0 aromatic heterocycles. The molecule has 4 rings (SSSR count). The normalized spacial score (nSPS) is 11.6. The molecule has 0 aliphatic rings. The molecular formula is C25H20BrClFO2PS. The maximum atomic E-state index is 13.8. The van der Waals surface area contributed by atoms with Crippen molar-refractivity contribution in [2.24, 2.45) is 0 Å². The van der Waals surface area contributed by atoms with Crippen LogP contribution in [-0.4, -0.2) is 8.42 Å². The van der Waals surface area contributed by atoms with Crippen LogP contribution in [-0.2, 0) is 16.4 Å². The summed E-state index contributed by atoms with van der Waals surface area (Å²) < 4.78 is 36.9. The number of halogens is 3. The highest BCUT2D eigenvalue weighted by molar-refractivity contribution is 7.95. The zero-order chi connectivity index (χ0) is 21.9. The second kappa shape index (κ2) is 10.3. The van der Waals surface area contributed by atoms with E-state index in [1.165, 1.54) is 18.2 Å². The Balaban J connectivity index is 0.00000289. The highest BCUT2D eigenvalue weighted by Gasteiger charge is 2.45. The Morgan fingerprint density at radius 1 is 0.688 bits per heavy atom. The first kappa shape index (κ1) is 24.6. The van der Waals surface area contributed by atoms with Crippen molar-refractivity contribution in [3.8, 4) is 0 Å². The third kappa shape index (κ3) is 4.97. The molecule has 0 N–H and O–H groups in total. The predicted octanol–water partition coefficient (Wildman–Crippen LogP) is 2.50. The zero-order valence-electron chi connectivity index (χ0n) is 16.9. The van der Waals surface area contributed by atoms with Gasteiger partial charge in [0.1, 0.15) is 23.2 Å². The fourth-order valence-electron chi connectivity index (χ4n) is 3.85. The van der Waals surface area contributed by atoms with E-state index in [0.717, 1.165) is 15.9 Å². The van der Waals surface area contributed by atoms with Gasteiger partial charge < -0.3 is 17.0 Å². The van der Waals surface area contributed by atoms with Crippen molar-refractivity contribution >= 4 is 45.0 Å². The van der Waals surface area contributed by atoms with E-state index < -0.39 is 17.5 Å². The maximum Gasteiger partial charge on any atom is 0.332 e. The summed E-state index contributed by atoms with van der Waals surface area (Å²) in [4.78, 5) is -0.376. The standard InChI is InChI=1S/C25H20ClFO2PS.BrH/c26-25-17-16-24(31(27,28)29)18-20(25)19-30(21-10-4-1-5-11-21,22-12-6-2-7-13-22)23-14-8-3-9-15-23;/h1-18H,19H2;1H/q+1;/p-1. The van der Waals surface area contributed by atoms with Crippen molar-refractivity contribution in [2.45, 2.75) is 11.1 Å². The lowest BCUT2D eigenvalue weighted by Gasteiger charge is -2.28. The minimum Gasteiger partial charge on any atom is -1.00 e. The summed E-state index contributed by atoms with van der Waals surface area (Å²) in [6, 6.07) is 34.5. The molecule has 0 amide bonds. The Morgan fingerprint density at radius 3 is 1.47 bits per heavy atom. The van der Waals surface area contributed by atoms with Crippen LogP contribution < -0.4 is 32.9 Å². The SMILES string of the molecule is O=S(=O)(F)c1ccc(Cl)c(C[P+](c2ccccc2)(c2ccccc2)c2ccccc2)c1.[Br-]. The molecule has 4 aromatic rings. The van der Waals surface area contributed by atoms with Gasteiger partial charge in [-0.3, -0.25) is 0 Å². The highest BCUT2D eigenvalue weighted by Crippen LogP contribution is 2.58. The summed E-state index contributed by atoms with van der Waals surface area (Å²) in [7, 11) is -7.11. The molecule has 7 heteroatoms. The molecule has 0 spiro atoms. The topological polar surface area (TPSA) is 34.1 Å². The van der Waals surface area contributed by atoms with Crippen molar-refractivity contribution in [2.75, 3.05) is 0 Å². The van der Waals surface area contributed by atoms with E-state index in [1.807, 2.05) is 54.6 Å². The van der Waals surface area contributed by atoms with Crippen molar-refractivity contribution < 1.29 is 29.3 Å². The van der Waals surface area contributed by atoms with E-state index in [-0.39, 0.29) is 21.9 Å². The first-order valence-electron chi connectivity index (χ1n) is 9.69. The maximum absolute atomic E-state index is 13.8. The molecule has 0 aliphatic heterocycles. The summed E-state index contributed by atoms with van der Waals surface area (Å²) in [5, 5.41) is 3.82. The molecule has 0 aliphatic carbocycles. The van der Waals surface area contributed by atoms with Crippen LogP contribution >= 0.6 is 18.9 Å². The van der Waals surface area contributed by atoms with Gasteiger partial charge in [0.15, 0.2) is 0 Å².